The van der Waals surface area contributed by atoms with E-state index >= 15 is 0 Å². The number of para-hydroxylation sites is 1. The van der Waals surface area contributed by atoms with Crippen LogP contribution in [-0.4, -0.2) is 51.1 Å². The van der Waals surface area contributed by atoms with Crippen LogP contribution in [0.1, 0.15) is 5.56 Å². The maximum absolute atomic E-state index is 12.6. The second-order valence-corrected chi connectivity index (χ2v) is 6.65. The fourth-order valence-corrected chi connectivity index (χ4v) is 3.61. The number of ether oxygens (including phenoxy) is 1. The first-order valence-corrected chi connectivity index (χ1v) is 8.90. The highest BCUT2D eigenvalue weighted by Crippen LogP contribution is 2.35. The number of nitrogens with zero attached hydrogens (tertiary/aromatic N) is 3. The molecule has 2 heterocycles. The second kappa shape index (κ2) is 6.75. The fraction of sp³-hybridized carbons (Fsp3) is 0.286. The summed E-state index contributed by atoms with van der Waals surface area (Å²) in [4.78, 5) is 18.9. The van der Waals surface area contributed by atoms with Gasteiger partial charge in [-0.05, 0) is 30.3 Å². The number of anilines is 2. The van der Waals surface area contributed by atoms with Crippen LogP contribution in [0.3, 0.4) is 0 Å². The molecule has 1 saturated heterocycles. The van der Waals surface area contributed by atoms with Gasteiger partial charge in [-0.1, -0.05) is 18.2 Å². The van der Waals surface area contributed by atoms with Crippen molar-refractivity contribution in [3.8, 4) is 5.75 Å². The molecular formula is C21H23N3O2. The highest BCUT2D eigenvalue weighted by Gasteiger charge is 2.30. The largest absolute Gasteiger partial charge is 0.497 e. The lowest BCUT2D eigenvalue weighted by Gasteiger charge is -2.35. The third-order valence-electron chi connectivity index (χ3n) is 5.15. The summed E-state index contributed by atoms with van der Waals surface area (Å²) in [5, 5.41) is 0. The summed E-state index contributed by atoms with van der Waals surface area (Å²) in [5.41, 5.74) is 4.01. The van der Waals surface area contributed by atoms with E-state index in [-0.39, 0.29) is 5.91 Å². The van der Waals surface area contributed by atoms with Crippen LogP contribution in [0.15, 0.2) is 54.7 Å². The van der Waals surface area contributed by atoms with Gasteiger partial charge >= 0.3 is 0 Å². The fourth-order valence-electron chi connectivity index (χ4n) is 3.61. The van der Waals surface area contributed by atoms with Crippen molar-refractivity contribution in [1.82, 2.24) is 4.90 Å². The molecule has 0 bridgehead atoms. The molecule has 0 saturated carbocycles. The molecule has 2 aromatic carbocycles. The van der Waals surface area contributed by atoms with Crippen molar-refractivity contribution in [2.45, 2.75) is 0 Å². The lowest BCUT2D eigenvalue weighted by molar-refractivity contribution is -0.112. The lowest BCUT2D eigenvalue weighted by atomic mass is 10.1. The molecule has 26 heavy (non-hydrogen) atoms. The number of piperazine rings is 1. The Kier molecular flexibility index (Phi) is 4.29. The van der Waals surface area contributed by atoms with E-state index in [9.17, 15) is 4.79 Å². The second-order valence-electron chi connectivity index (χ2n) is 6.65. The van der Waals surface area contributed by atoms with Crippen LogP contribution in [0.25, 0.3) is 5.57 Å². The number of carbonyl (C=O) groups excluding carboxylic acids is 1. The molecule has 0 atom stereocenters. The smallest absolute Gasteiger partial charge is 0.260 e. The normalized spacial score (nSPS) is 18.5. The quantitative estimate of drug-likeness (QED) is 0.799. The van der Waals surface area contributed by atoms with E-state index in [0.717, 1.165) is 48.8 Å². The van der Waals surface area contributed by atoms with Gasteiger partial charge in [-0.15, -0.1) is 0 Å². The molecule has 5 nitrogen and oxygen atoms in total. The minimum atomic E-state index is 0.0729. The summed E-state index contributed by atoms with van der Waals surface area (Å²) in [6.07, 6.45) is 2.04. The van der Waals surface area contributed by atoms with E-state index in [4.69, 9.17) is 4.74 Å². The average Bonchev–Trinajstić information content (AvgIpc) is 2.94. The molecule has 134 valence electrons. The zero-order chi connectivity index (χ0) is 18.1. The van der Waals surface area contributed by atoms with Gasteiger partial charge in [0.25, 0.3) is 5.91 Å². The van der Waals surface area contributed by atoms with Gasteiger partial charge in [0.05, 0.1) is 18.4 Å². The molecule has 5 heteroatoms. The van der Waals surface area contributed by atoms with Gasteiger partial charge in [0, 0.05) is 50.7 Å². The molecule has 2 aliphatic heterocycles. The minimum Gasteiger partial charge on any atom is -0.497 e. The first-order chi connectivity index (χ1) is 12.7. The van der Waals surface area contributed by atoms with Crippen LogP contribution < -0.4 is 14.5 Å². The Morgan fingerprint density at radius 2 is 1.65 bits per heavy atom. The zero-order valence-corrected chi connectivity index (χ0v) is 15.2. The molecule has 0 spiro atoms. The van der Waals surface area contributed by atoms with E-state index < -0.39 is 0 Å². The van der Waals surface area contributed by atoms with Crippen LogP contribution in [0, 0.1) is 0 Å². The Morgan fingerprint density at radius 3 is 2.35 bits per heavy atom. The Hall–Kier alpha value is -2.95. The standard InChI is InChI=1S/C21H23N3O2/c1-22-20-6-4-3-5-18(20)19(21(22)25)15-23-11-13-24(14-12-23)16-7-9-17(26-2)10-8-16/h3-10,15H,11-14H2,1-2H3/b19-15-. The van der Waals surface area contributed by atoms with Crippen molar-refractivity contribution < 1.29 is 9.53 Å². The summed E-state index contributed by atoms with van der Waals surface area (Å²) in [6.45, 7) is 3.66. The van der Waals surface area contributed by atoms with Crippen molar-refractivity contribution in [3.05, 3.63) is 60.3 Å². The lowest BCUT2D eigenvalue weighted by Crippen LogP contribution is -2.44. The van der Waals surface area contributed by atoms with E-state index in [2.05, 4.69) is 21.9 Å². The molecule has 0 aromatic heterocycles. The molecule has 1 fully saturated rings. The molecule has 0 unspecified atom stereocenters. The Bertz CT molecular complexity index is 837. The van der Waals surface area contributed by atoms with Crippen molar-refractivity contribution in [3.63, 3.8) is 0 Å². The maximum atomic E-state index is 12.6. The number of carbonyl (C=O) groups is 1. The van der Waals surface area contributed by atoms with Crippen molar-refractivity contribution >= 4 is 22.9 Å². The van der Waals surface area contributed by atoms with E-state index in [0.29, 0.717) is 0 Å². The summed E-state index contributed by atoms with van der Waals surface area (Å²) in [6, 6.07) is 16.2. The van der Waals surface area contributed by atoms with Gasteiger partial charge in [-0.25, -0.2) is 0 Å². The van der Waals surface area contributed by atoms with Crippen LogP contribution in [0.2, 0.25) is 0 Å². The number of likely N-dealkylation sites (N-methyl/N-ethyl adjacent to an activating group) is 1. The van der Waals surface area contributed by atoms with E-state index in [1.807, 2.05) is 49.6 Å². The summed E-state index contributed by atoms with van der Waals surface area (Å²) >= 11 is 0. The molecule has 4 rings (SSSR count). The number of fused-ring (bicyclic) bond motifs is 1. The topological polar surface area (TPSA) is 36.0 Å². The highest BCUT2D eigenvalue weighted by molar-refractivity contribution is 6.32. The number of hydrogen-bond donors (Lipinski definition) is 0. The first kappa shape index (κ1) is 16.5. The van der Waals surface area contributed by atoms with E-state index in [1.165, 1.54) is 5.69 Å². The monoisotopic (exact) mass is 349 g/mol. The van der Waals surface area contributed by atoms with Gasteiger partial charge in [-0.3, -0.25) is 4.79 Å². The molecule has 2 aliphatic rings. The zero-order valence-electron chi connectivity index (χ0n) is 15.2. The number of benzene rings is 2. The van der Waals surface area contributed by atoms with Crippen LogP contribution >= 0.6 is 0 Å². The Labute approximate surface area is 154 Å². The van der Waals surface area contributed by atoms with Crippen LogP contribution in [0.4, 0.5) is 11.4 Å². The Balaban J connectivity index is 1.47. The summed E-state index contributed by atoms with van der Waals surface area (Å²) < 4.78 is 5.22. The molecule has 0 N–H and O–H groups in total. The van der Waals surface area contributed by atoms with Crippen LogP contribution in [0.5, 0.6) is 5.75 Å². The van der Waals surface area contributed by atoms with Crippen molar-refractivity contribution in [2.24, 2.45) is 0 Å². The first-order valence-electron chi connectivity index (χ1n) is 8.90. The Morgan fingerprint density at radius 1 is 0.962 bits per heavy atom. The predicted molar refractivity (Wildman–Crippen MR) is 105 cm³/mol. The maximum Gasteiger partial charge on any atom is 0.260 e. The third-order valence-corrected chi connectivity index (χ3v) is 5.15. The van der Waals surface area contributed by atoms with Gasteiger partial charge in [-0.2, -0.15) is 0 Å². The third kappa shape index (κ3) is 2.90. The van der Waals surface area contributed by atoms with Gasteiger partial charge in [0.15, 0.2) is 0 Å². The van der Waals surface area contributed by atoms with Crippen LogP contribution in [-0.2, 0) is 4.79 Å². The number of rotatable bonds is 3. The SMILES string of the molecule is COc1ccc(N2CCN(/C=C3\C(=O)N(C)c4ccccc43)CC2)cc1. The molecular weight excluding hydrogens is 326 g/mol. The molecule has 0 radical (unpaired) electrons. The molecule has 2 aromatic rings. The van der Waals surface area contributed by atoms with Gasteiger partial charge < -0.3 is 19.4 Å². The van der Waals surface area contributed by atoms with Crippen molar-refractivity contribution in [1.29, 1.82) is 0 Å². The molecule has 0 aliphatic carbocycles. The minimum absolute atomic E-state index is 0.0729. The van der Waals surface area contributed by atoms with Gasteiger partial charge in [0.1, 0.15) is 5.75 Å². The number of methoxy groups -OCH3 is 1. The molecule has 1 amide bonds. The van der Waals surface area contributed by atoms with Crippen molar-refractivity contribution in [2.75, 3.05) is 50.1 Å². The number of amides is 1. The summed E-state index contributed by atoms with van der Waals surface area (Å²) in [5.74, 6) is 0.948. The highest BCUT2D eigenvalue weighted by atomic mass is 16.5. The summed E-state index contributed by atoms with van der Waals surface area (Å²) in [7, 11) is 3.52. The predicted octanol–water partition coefficient (Wildman–Crippen LogP) is 2.83. The van der Waals surface area contributed by atoms with E-state index in [1.54, 1.807) is 12.0 Å². The average molecular weight is 349 g/mol. The van der Waals surface area contributed by atoms with Gasteiger partial charge in [0.2, 0.25) is 0 Å². The number of hydrogen-bond acceptors (Lipinski definition) is 4.